The third-order valence-electron chi connectivity index (χ3n) is 3.77. The van der Waals surface area contributed by atoms with Gasteiger partial charge in [-0.3, -0.25) is 4.79 Å². The Morgan fingerprint density at radius 2 is 2.16 bits per heavy atom. The summed E-state index contributed by atoms with van der Waals surface area (Å²) in [6.07, 6.45) is 4.29. The second kappa shape index (κ2) is 6.06. The summed E-state index contributed by atoms with van der Waals surface area (Å²) in [4.78, 5) is 11.8. The van der Waals surface area contributed by atoms with E-state index in [1.165, 1.54) is 0 Å². The maximum absolute atomic E-state index is 11.8. The van der Waals surface area contributed by atoms with E-state index >= 15 is 0 Å². The Balaban J connectivity index is 1.75. The zero-order valence-corrected chi connectivity index (χ0v) is 11.4. The summed E-state index contributed by atoms with van der Waals surface area (Å²) in [5.41, 5.74) is 6.92. The maximum Gasteiger partial charge on any atom is 0.221 e. The van der Waals surface area contributed by atoms with Gasteiger partial charge in [-0.25, -0.2) is 0 Å². The second-order valence-corrected chi connectivity index (χ2v) is 5.30. The molecule has 0 radical (unpaired) electrons. The van der Waals surface area contributed by atoms with Gasteiger partial charge in [0, 0.05) is 18.5 Å². The predicted molar refractivity (Wildman–Crippen MR) is 75.1 cm³/mol. The highest BCUT2D eigenvalue weighted by Gasteiger charge is 2.34. The van der Waals surface area contributed by atoms with E-state index in [0.29, 0.717) is 13.0 Å². The van der Waals surface area contributed by atoms with E-state index in [4.69, 9.17) is 10.5 Å². The summed E-state index contributed by atoms with van der Waals surface area (Å²) in [5.74, 6) is 0.920. The Bertz CT molecular complexity index is 442. The second-order valence-electron chi connectivity index (χ2n) is 5.30. The molecule has 0 bridgehead atoms. The van der Waals surface area contributed by atoms with Gasteiger partial charge in [0.05, 0.1) is 7.11 Å². The first-order chi connectivity index (χ1) is 9.13. The molecule has 0 saturated heterocycles. The van der Waals surface area contributed by atoms with Crippen molar-refractivity contribution in [3.8, 4) is 5.75 Å². The normalized spacial score (nSPS) is 16.5. The molecule has 1 aliphatic carbocycles. The largest absolute Gasteiger partial charge is 0.496 e. The van der Waals surface area contributed by atoms with E-state index in [1.807, 2.05) is 24.3 Å². The number of methoxy groups -OCH3 is 1. The number of rotatable bonds is 6. The number of ether oxygens (including phenoxy) is 1. The summed E-state index contributed by atoms with van der Waals surface area (Å²) >= 11 is 0. The van der Waals surface area contributed by atoms with E-state index in [2.05, 4.69) is 5.32 Å². The van der Waals surface area contributed by atoms with Crippen molar-refractivity contribution in [3.63, 3.8) is 0 Å². The summed E-state index contributed by atoms with van der Waals surface area (Å²) in [5, 5.41) is 2.93. The van der Waals surface area contributed by atoms with E-state index < -0.39 is 0 Å². The third kappa shape index (κ3) is 3.70. The van der Waals surface area contributed by atoms with E-state index in [-0.39, 0.29) is 11.4 Å². The van der Waals surface area contributed by atoms with E-state index in [1.54, 1.807) is 7.11 Å². The molecule has 0 heterocycles. The Morgan fingerprint density at radius 1 is 1.42 bits per heavy atom. The smallest absolute Gasteiger partial charge is 0.221 e. The Hall–Kier alpha value is -1.55. The molecule has 1 saturated carbocycles. The minimum absolute atomic E-state index is 0.0529. The summed E-state index contributed by atoms with van der Waals surface area (Å²) < 4.78 is 5.28. The molecule has 4 heteroatoms. The van der Waals surface area contributed by atoms with Gasteiger partial charge < -0.3 is 15.8 Å². The van der Waals surface area contributed by atoms with Crippen LogP contribution in [0.25, 0.3) is 0 Å². The maximum atomic E-state index is 11.8. The number of nitrogens with one attached hydrogen (secondary N) is 1. The van der Waals surface area contributed by atoms with Gasteiger partial charge in [0.15, 0.2) is 0 Å². The Labute approximate surface area is 114 Å². The molecule has 1 aromatic rings. The van der Waals surface area contributed by atoms with Crippen molar-refractivity contribution in [1.82, 2.24) is 5.32 Å². The van der Waals surface area contributed by atoms with Crippen LogP contribution in [0.1, 0.15) is 31.2 Å². The topological polar surface area (TPSA) is 64.3 Å². The SMILES string of the molecule is COc1ccccc1CCNC(=O)CC1(N)CCC1. The van der Waals surface area contributed by atoms with E-state index in [9.17, 15) is 4.79 Å². The number of carbonyl (C=O) groups excluding carboxylic acids is 1. The van der Waals surface area contributed by atoms with Crippen LogP contribution < -0.4 is 15.8 Å². The van der Waals surface area contributed by atoms with Crippen LogP contribution in [0.5, 0.6) is 5.75 Å². The number of hydrogen-bond acceptors (Lipinski definition) is 3. The van der Waals surface area contributed by atoms with Gasteiger partial charge >= 0.3 is 0 Å². The minimum atomic E-state index is -0.242. The first kappa shape index (κ1) is 13.9. The molecule has 3 N–H and O–H groups in total. The third-order valence-corrected chi connectivity index (χ3v) is 3.77. The van der Waals surface area contributed by atoms with E-state index in [0.717, 1.165) is 37.0 Å². The molecule has 1 fully saturated rings. The van der Waals surface area contributed by atoms with Gasteiger partial charge in [0.1, 0.15) is 5.75 Å². The van der Waals surface area contributed by atoms with Crippen LogP contribution in [0.4, 0.5) is 0 Å². The highest BCUT2D eigenvalue weighted by Crippen LogP contribution is 2.31. The lowest BCUT2D eigenvalue weighted by atomic mass is 9.75. The van der Waals surface area contributed by atoms with Crippen LogP contribution in [0.15, 0.2) is 24.3 Å². The van der Waals surface area contributed by atoms with Crippen molar-refractivity contribution >= 4 is 5.91 Å². The molecule has 19 heavy (non-hydrogen) atoms. The highest BCUT2D eigenvalue weighted by atomic mass is 16.5. The number of hydrogen-bond donors (Lipinski definition) is 2. The van der Waals surface area contributed by atoms with Crippen molar-refractivity contribution < 1.29 is 9.53 Å². The van der Waals surface area contributed by atoms with Crippen LogP contribution in [0, 0.1) is 0 Å². The van der Waals surface area contributed by atoms with Gasteiger partial charge in [0.2, 0.25) is 5.91 Å². The molecule has 0 spiro atoms. The lowest BCUT2D eigenvalue weighted by molar-refractivity contribution is -0.122. The number of amides is 1. The summed E-state index contributed by atoms with van der Waals surface area (Å²) in [7, 11) is 1.66. The number of para-hydroxylation sites is 1. The molecule has 2 rings (SSSR count). The fraction of sp³-hybridized carbons (Fsp3) is 0.533. The molecule has 0 atom stereocenters. The predicted octanol–water partition coefficient (Wildman–Crippen LogP) is 1.63. The van der Waals surface area contributed by atoms with Crippen molar-refractivity contribution in [2.24, 2.45) is 5.73 Å². The van der Waals surface area contributed by atoms with Crippen molar-refractivity contribution in [2.45, 2.75) is 37.6 Å². The zero-order chi connectivity index (χ0) is 13.7. The fourth-order valence-corrected chi connectivity index (χ4v) is 2.44. The van der Waals surface area contributed by atoms with Gasteiger partial charge in [-0.1, -0.05) is 18.2 Å². The highest BCUT2D eigenvalue weighted by molar-refractivity contribution is 5.77. The van der Waals surface area contributed by atoms with Gasteiger partial charge in [0.25, 0.3) is 0 Å². The van der Waals surface area contributed by atoms with Gasteiger partial charge in [-0.05, 0) is 37.3 Å². The monoisotopic (exact) mass is 262 g/mol. The zero-order valence-electron chi connectivity index (χ0n) is 11.4. The first-order valence-corrected chi connectivity index (χ1v) is 6.80. The molecule has 1 amide bonds. The standard InChI is InChI=1S/C15H22N2O2/c1-19-13-6-3-2-5-12(13)7-10-17-14(18)11-15(16)8-4-9-15/h2-3,5-6H,4,7-11,16H2,1H3,(H,17,18). The molecule has 1 aromatic carbocycles. The van der Waals surface area contributed by atoms with Crippen molar-refractivity contribution in [3.05, 3.63) is 29.8 Å². The molecule has 0 aliphatic heterocycles. The van der Waals surface area contributed by atoms with Crippen molar-refractivity contribution in [2.75, 3.05) is 13.7 Å². The summed E-state index contributed by atoms with van der Waals surface area (Å²) in [6, 6.07) is 7.86. The average molecular weight is 262 g/mol. The fourth-order valence-electron chi connectivity index (χ4n) is 2.44. The quantitative estimate of drug-likeness (QED) is 0.819. The molecule has 0 unspecified atom stereocenters. The number of benzene rings is 1. The van der Waals surface area contributed by atoms with Crippen LogP contribution in [-0.4, -0.2) is 25.1 Å². The number of carbonyl (C=O) groups is 1. The molecule has 104 valence electrons. The Kier molecular flexibility index (Phi) is 4.43. The van der Waals surface area contributed by atoms with Crippen molar-refractivity contribution in [1.29, 1.82) is 0 Å². The molecule has 1 aliphatic rings. The Morgan fingerprint density at radius 3 is 2.79 bits per heavy atom. The molecular formula is C15H22N2O2. The molecular weight excluding hydrogens is 240 g/mol. The molecule has 0 aromatic heterocycles. The van der Waals surface area contributed by atoms with Gasteiger partial charge in [-0.2, -0.15) is 0 Å². The van der Waals surface area contributed by atoms with Crippen LogP contribution in [0.3, 0.4) is 0 Å². The summed E-state index contributed by atoms with van der Waals surface area (Å²) in [6.45, 7) is 0.620. The lowest BCUT2D eigenvalue weighted by Gasteiger charge is -2.37. The number of nitrogens with two attached hydrogens (primary N) is 1. The lowest BCUT2D eigenvalue weighted by Crippen LogP contribution is -2.50. The van der Waals surface area contributed by atoms with Crippen LogP contribution >= 0.6 is 0 Å². The molecule has 4 nitrogen and oxygen atoms in total. The van der Waals surface area contributed by atoms with Gasteiger partial charge in [-0.15, -0.1) is 0 Å². The van der Waals surface area contributed by atoms with Crippen LogP contribution in [0.2, 0.25) is 0 Å². The van der Waals surface area contributed by atoms with Crippen LogP contribution in [-0.2, 0) is 11.2 Å². The average Bonchev–Trinajstić information content (AvgIpc) is 2.37. The minimum Gasteiger partial charge on any atom is -0.496 e. The first-order valence-electron chi connectivity index (χ1n) is 6.80.